The summed E-state index contributed by atoms with van der Waals surface area (Å²) in [6.07, 6.45) is 4.00. The molecule has 2 aromatic carbocycles. The summed E-state index contributed by atoms with van der Waals surface area (Å²) in [6.45, 7) is 1.27. The van der Waals surface area contributed by atoms with Crippen LogP contribution in [0, 0.1) is 0 Å². The molecule has 3 N–H and O–H groups in total. The van der Waals surface area contributed by atoms with E-state index in [-0.39, 0.29) is 0 Å². The van der Waals surface area contributed by atoms with E-state index in [1.807, 2.05) is 24.3 Å². The first kappa shape index (κ1) is 18.9. The number of rotatable bonds is 10. The Balaban J connectivity index is 1.57. The zero-order valence-electron chi connectivity index (χ0n) is 14.3. The van der Waals surface area contributed by atoms with E-state index in [0.29, 0.717) is 18.9 Å². The van der Waals surface area contributed by atoms with Crippen LogP contribution in [0.3, 0.4) is 0 Å². The van der Waals surface area contributed by atoms with E-state index < -0.39 is 10.0 Å². The van der Waals surface area contributed by atoms with Crippen molar-refractivity contribution in [1.82, 2.24) is 0 Å². The highest BCUT2D eigenvalue weighted by Crippen LogP contribution is 2.17. The van der Waals surface area contributed by atoms with Crippen LogP contribution in [-0.2, 0) is 10.0 Å². The number of hydrogen-bond acceptors (Lipinski definition) is 5. The number of nitrogens with two attached hydrogens (primary N) is 1. The van der Waals surface area contributed by atoms with Crippen molar-refractivity contribution in [2.24, 2.45) is 0 Å². The van der Waals surface area contributed by atoms with Crippen molar-refractivity contribution in [2.75, 3.05) is 29.9 Å². The fourth-order valence-corrected chi connectivity index (χ4v) is 2.72. The molecule has 0 saturated carbocycles. The molecule has 0 saturated heterocycles. The van der Waals surface area contributed by atoms with Gasteiger partial charge in [-0.1, -0.05) is 0 Å². The van der Waals surface area contributed by atoms with Crippen LogP contribution in [0.15, 0.2) is 48.5 Å². The fraction of sp³-hybridized carbons (Fsp3) is 0.333. The quantitative estimate of drug-likeness (QED) is 0.499. The normalized spacial score (nSPS) is 11.1. The van der Waals surface area contributed by atoms with Gasteiger partial charge < -0.3 is 15.2 Å². The maximum absolute atomic E-state index is 11.1. The van der Waals surface area contributed by atoms with E-state index >= 15 is 0 Å². The summed E-state index contributed by atoms with van der Waals surface area (Å²) in [5.74, 6) is 1.55. The topological polar surface area (TPSA) is 90.7 Å². The summed E-state index contributed by atoms with van der Waals surface area (Å²) < 4.78 is 35.9. The lowest BCUT2D eigenvalue weighted by Gasteiger charge is -2.09. The minimum atomic E-state index is -3.25. The predicted molar refractivity (Wildman–Crippen MR) is 101 cm³/mol. The molecule has 0 spiro atoms. The molecule has 0 amide bonds. The van der Waals surface area contributed by atoms with Crippen molar-refractivity contribution in [1.29, 1.82) is 0 Å². The molecule has 2 rings (SSSR count). The van der Waals surface area contributed by atoms with E-state index in [1.54, 1.807) is 24.3 Å². The first-order valence-electron chi connectivity index (χ1n) is 8.11. The van der Waals surface area contributed by atoms with Gasteiger partial charge in [-0.15, -0.1) is 0 Å². The molecule has 2 aromatic rings. The highest BCUT2D eigenvalue weighted by molar-refractivity contribution is 7.92. The zero-order valence-corrected chi connectivity index (χ0v) is 15.1. The smallest absolute Gasteiger partial charge is 0.229 e. The third kappa shape index (κ3) is 7.80. The molecule has 136 valence electrons. The fourth-order valence-electron chi connectivity index (χ4n) is 2.16. The standard InChI is InChI=1S/C18H24N2O4S/c1-25(21,22)20-16-7-11-18(12-8-16)24-14-4-2-3-13-23-17-9-5-15(19)6-10-17/h5-12,20H,2-4,13-14,19H2,1H3. The van der Waals surface area contributed by atoms with Gasteiger partial charge in [-0.25, -0.2) is 8.42 Å². The third-order valence-corrected chi connectivity index (χ3v) is 3.97. The Labute approximate surface area is 149 Å². The Morgan fingerprint density at radius 2 is 1.32 bits per heavy atom. The van der Waals surface area contributed by atoms with Gasteiger partial charge in [-0.2, -0.15) is 0 Å². The summed E-state index contributed by atoms with van der Waals surface area (Å²) in [5, 5.41) is 0. The average Bonchev–Trinajstić information content (AvgIpc) is 2.56. The van der Waals surface area contributed by atoms with Crippen molar-refractivity contribution in [3.8, 4) is 11.5 Å². The van der Waals surface area contributed by atoms with Crippen LogP contribution >= 0.6 is 0 Å². The highest BCUT2D eigenvalue weighted by atomic mass is 32.2. The molecule has 0 aliphatic rings. The molecule has 0 fully saturated rings. The summed E-state index contributed by atoms with van der Waals surface area (Å²) in [5.41, 5.74) is 6.87. The van der Waals surface area contributed by atoms with Gasteiger partial charge in [0.1, 0.15) is 11.5 Å². The molecule has 7 heteroatoms. The monoisotopic (exact) mass is 364 g/mol. The van der Waals surface area contributed by atoms with Crippen LogP contribution in [0.4, 0.5) is 11.4 Å². The summed E-state index contributed by atoms with van der Waals surface area (Å²) in [7, 11) is -3.25. The predicted octanol–water partition coefficient (Wildman–Crippen LogP) is 3.27. The van der Waals surface area contributed by atoms with Gasteiger partial charge in [0.15, 0.2) is 0 Å². The zero-order chi connectivity index (χ0) is 18.1. The van der Waals surface area contributed by atoms with E-state index in [1.165, 1.54) is 0 Å². The number of unbranched alkanes of at least 4 members (excludes halogenated alkanes) is 2. The van der Waals surface area contributed by atoms with Crippen molar-refractivity contribution in [2.45, 2.75) is 19.3 Å². The van der Waals surface area contributed by atoms with Gasteiger partial charge in [-0.05, 0) is 67.8 Å². The van der Waals surface area contributed by atoms with Gasteiger partial charge in [0.25, 0.3) is 0 Å². The summed E-state index contributed by atoms with van der Waals surface area (Å²) in [4.78, 5) is 0. The van der Waals surface area contributed by atoms with Crippen molar-refractivity contribution < 1.29 is 17.9 Å². The molecule has 0 aliphatic carbocycles. The Morgan fingerprint density at radius 3 is 1.80 bits per heavy atom. The molecule has 25 heavy (non-hydrogen) atoms. The maximum Gasteiger partial charge on any atom is 0.229 e. The highest BCUT2D eigenvalue weighted by Gasteiger charge is 2.02. The van der Waals surface area contributed by atoms with Crippen LogP contribution in [0.5, 0.6) is 11.5 Å². The molecular weight excluding hydrogens is 340 g/mol. The summed E-state index contributed by atoms with van der Waals surface area (Å²) >= 11 is 0. The Hall–Kier alpha value is -2.41. The second-order valence-corrected chi connectivity index (χ2v) is 7.47. The molecule has 0 aliphatic heterocycles. The number of anilines is 2. The van der Waals surface area contributed by atoms with Crippen molar-refractivity contribution in [3.05, 3.63) is 48.5 Å². The van der Waals surface area contributed by atoms with Crippen LogP contribution in [0.1, 0.15) is 19.3 Å². The first-order chi connectivity index (χ1) is 11.9. The number of benzene rings is 2. The van der Waals surface area contributed by atoms with Crippen LogP contribution in [0.2, 0.25) is 0 Å². The second kappa shape index (κ2) is 9.17. The number of ether oxygens (including phenoxy) is 2. The van der Waals surface area contributed by atoms with Crippen molar-refractivity contribution >= 4 is 21.4 Å². The van der Waals surface area contributed by atoms with Crippen molar-refractivity contribution in [3.63, 3.8) is 0 Å². The van der Waals surface area contributed by atoms with Gasteiger partial charge in [-0.3, -0.25) is 4.72 Å². The molecule has 0 atom stereocenters. The Morgan fingerprint density at radius 1 is 0.840 bits per heavy atom. The van der Waals surface area contributed by atoms with Gasteiger partial charge in [0, 0.05) is 11.4 Å². The van der Waals surface area contributed by atoms with Crippen LogP contribution < -0.4 is 19.9 Å². The molecule has 0 unspecified atom stereocenters. The SMILES string of the molecule is CS(=O)(=O)Nc1ccc(OCCCCCOc2ccc(N)cc2)cc1. The second-order valence-electron chi connectivity index (χ2n) is 5.73. The van der Waals surface area contributed by atoms with E-state index in [0.717, 1.165) is 42.7 Å². The first-order valence-corrected chi connectivity index (χ1v) is 10.0. The number of nitrogen functional groups attached to an aromatic ring is 1. The average molecular weight is 364 g/mol. The lowest BCUT2D eigenvalue weighted by molar-refractivity contribution is 0.279. The van der Waals surface area contributed by atoms with Gasteiger partial charge in [0.2, 0.25) is 10.0 Å². The van der Waals surface area contributed by atoms with E-state index in [4.69, 9.17) is 15.2 Å². The molecule has 0 bridgehead atoms. The van der Waals surface area contributed by atoms with Crippen LogP contribution in [-0.4, -0.2) is 27.9 Å². The van der Waals surface area contributed by atoms with Gasteiger partial charge >= 0.3 is 0 Å². The Kier molecular flexibility index (Phi) is 6.94. The molecule has 0 aromatic heterocycles. The molecule has 6 nitrogen and oxygen atoms in total. The third-order valence-electron chi connectivity index (χ3n) is 3.36. The van der Waals surface area contributed by atoms with Gasteiger partial charge in [0.05, 0.1) is 19.5 Å². The minimum absolute atomic E-state index is 0.523. The van der Waals surface area contributed by atoms with E-state index in [2.05, 4.69) is 4.72 Å². The number of hydrogen-bond donors (Lipinski definition) is 2. The Bertz CT molecular complexity index is 744. The molecular formula is C18H24N2O4S. The number of nitrogens with one attached hydrogen (secondary N) is 1. The minimum Gasteiger partial charge on any atom is -0.494 e. The number of sulfonamides is 1. The van der Waals surface area contributed by atoms with E-state index in [9.17, 15) is 8.42 Å². The summed E-state index contributed by atoms with van der Waals surface area (Å²) in [6, 6.07) is 14.2. The lowest BCUT2D eigenvalue weighted by Crippen LogP contribution is -2.09. The maximum atomic E-state index is 11.1. The largest absolute Gasteiger partial charge is 0.494 e. The van der Waals surface area contributed by atoms with Crippen LogP contribution in [0.25, 0.3) is 0 Å². The molecule has 0 heterocycles. The lowest BCUT2D eigenvalue weighted by atomic mass is 10.2. The molecule has 0 radical (unpaired) electrons.